The summed E-state index contributed by atoms with van der Waals surface area (Å²) in [6, 6.07) is 8.29. The van der Waals surface area contributed by atoms with Crippen molar-refractivity contribution in [2.24, 2.45) is 0 Å². The summed E-state index contributed by atoms with van der Waals surface area (Å²) in [7, 11) is 0. The Bertz CT molecular complexity index is 1470. The van der Waals surface area contributed by atoms with E-state index in [4.69, 9.17) is 14.7 Å². The van der Waals surface area contributed by atoms with Gasteiger partial charge in [0, 0.05) is 41.5 Å². The fraction of sp³-hybridized carbons (Fsp3) is 0.346. The molecule has 178 valence electrons. The highest BCUT2D eigenvalue weighted by atomic mass is 16.5. The second-order valence-electron chi connectivity index (χ2n) is 9.23. The van der Waals surface area contributed by atoms with Crippen molar-refractivity contribution in [2.45, 2.75) is 52.2 Å². The molecule has 9 heteroatoms. The monoisotopic (exact) mass is 468 g/mol. The van der Waals surface area contributed by atoms with Gasteiger partial charge in [0.15, 0.2) is 5.65 Å². The van der Waals surface area contributed by atoms with Gasteiger partial charge in [-0.1, -0.05) is 0 Å². The van der Waals surface area contributed by atoms with Gasteiger partial charge in [0.2, 0.25) is 0 Å². The van der Waals surface area contributed by atoms with Crippen molar-refractivity contribution in [1.82, 2.24) is 38.9 Å². The van der Waals surface area contributed by atoms with Gasteiger partial charge in [-0.3, -0.25) is 14.2 Å². The smallest absolute Gasteiger partial charge is 0.254 e. The highest BCUT2D eigenvalue weighted by Crippen LogP contribution is 2.27. The van der Waals surface area contributed by atoms with Gasteiger partial charge >= 0.3 is 0 Å². The van der Waals surface area contributed by atoms with Gasteiger partial charge < -0.3 is 4.74 Å². The average Bonchev–Trinajstić information content (AvgIpc) is 3.62. The highest BCUT2D eigenvalue weighted by molar-refractivity contribution is 5.66. The van der Waals surface area contributed by atoms with Crippen LogP contribution in [-0.4, -0.2) is 51.6 Å². The highest BCUT2D eigenvalue weighted by Gasteiger charge is 2.23. The zero-order valence-corrected chi connectivity index (χ0v) is 20.2. The molecule has 1 saturated heterocycles. The summed E-state index contributed by atoms with van der Waals surface area (Å²) in [6.45, 7) is 7.10. The summed E-state index contributed by atoms with van der Waals surface area (Å²) >= 11 is 0. The third-order valence-electron chi connectivity index (χ3n) is 6.80. The Balaban J connectivity index is 1.29. The molecule has 0 radical (unpaired) electrons. The number of nitrogens with zero attached hydrogens (tertiary/aromatic N) is 8. The van der Waals surface area contributed by atoms with Crippen molar-refractivity contribution in [3.8, 4) is 28.5 Å². The summed E-state index contributed by atoms with van der Waals surface area (Å²) in [5.74, 6) is 0.658. The minimum Gasteiger partial charge on any atom is -0.376 e. The van der Waals surface area contributed by atoms with E-state index in [0.29, 0.717) is 5.95 Å². The fourth-order valence-electron chi connectivity index (χ4n) is 4.76. The van der Waals surface area contributed by atoms with Crippen molar-refractivity contribution >= 4 is 5.65 Å². The van der Waals surface area contributed by atoms with E-state index in [1.807, 2.05) is 40.0 Å². The summed E-state index contributed by atoms with van der Waals surface area (Å²) in [4.78, 5) is 14.1. The van der Waals surface area contributed by atoms with Crippen LogP contribution in [0.4, 0.5) is 0 Å². The minimum absolute atomic E-state index is 0.178. The standard InChI is InChI=1S/C26H28N8O/c1-17-7-8-18(2)34(17)26-30-25-12-20(9-10-32(25)31-26)22-14-27-15-23(29-22)21-13-28-33(16-21)19(3)24-6-4-5-11-35-24/h7-10,12-16,19,24H,4-6,11H2,1-3H3. The first-order valence-corrected chi connectivity index (χ1v) is 12.1. The van der Waals surface area contributed by atoms with Crippen LogP contribution in [-0.2, 0) is 4.74 Å². The van der Waals surface area contributed by atoms with Crippen molar-refractivity contribution in [3.05, 3.63) is 66.6 Å². The molecule has 5 aromatic heterocycles. The fourth-order valence-corrected chi connectivity index (χ4v) is 4.76. The molecule has 9 nitrogen and oxygen atoms in total. The third-order valence-corrected chi connectivity index (χ3v) is 6.80. The minimum atomic E-state index is 0.178. The van der Waals surface area contributed by atoms with E-state index in [0.717, 1.165) is 59.0 Å². The van der Waals surface area contributed by atoms with Crippen LogP contribution in [0.1, 0.15) is 43.6 Å². The van der Waals surface area contributed by atoms with Gasteiger partial charge in [-0.25, -0.2) is 9.50 Å². The Hall–Kier alpha value is -3.85. The van der Waals surface area contributed by atoms with Gasteiger partial charge in [-0.15, -0.1) is 5.10 Å². The molecule has 0 amide bonds. The number of aromatic nitrogens is 8. The van der Waals surface area contributed by atoms with E-state index in [-0.39, 0.29) is 12.1 Å². The molecule has 0 bridgehead atoms. The predicted molar refractivity (Wildman–Crippen MR) is 132 cm³/mol. The number of fused-ring (bicyclic) bond motifs is 1. The summed E-state index contributed by atoms with van der Waals surface area (Å²) in [5, 5.41) is 9.24. The molecule has 5 aromatic rings. The van der Waals surface area contributed by atoms with Crippen LogP contribution in [0.2, 0.25) is 0 Å². The summed E-state index contributed by atoms with van der Waals surface area (Å²) in [6.07, 6.45) is 13.0. The summed E-state index contributed by atoms with van der Waals surface area (Å²) in [5.41, 5.74) is 6.38. The Morgan fingerprint density at radius 3 is 2.54 bits per heavy atom. The lowest BCUT2D eigenvalue weighted by molar-refractivity contribution is -0.0149. The molecule has 0 N–H and O–H groups in total. The molecule has 1 aliphatic rings. The molecule has 1 aliphatic heterocycles. The Kier molecular flexibility index (Phi) is 5.41. The van der Waals surface area contributed by atoms with E-state index >= 15 is 0 Å². The SMILES string of the molecule is Cc1ccc(C)n1-c1nc2cc(-c3cncc(-c4cnn(C(C)C5CCCCO5)c4)n3)ccn2n1. The molecule has 0 aromatic carbocycles. The van der Waals surface area contributed by atoms with E-state index < -0.39 is 0 Å². The Morgan fingerprint density at radius 1 is 0.971 bits per heavy atom. The molecule has 0 aliphatic carbocycles. The van der Waals surface area contributed by atoms with Gasteiger partial charge in [-0.2, -0.15) is 10.1 Å². The lowest BCUT2D eigenvalue weighted by Gasteiger charge is -2.28. The van der Waals surface area contributed by atoms with Crippen molar-refractivity contribution in [3.63, 3.8) is 0 Å². The number of pyridine rings is 1. The second-order valence-corrected chi connectivity index (χ2v) is 9.23. The maximum Gasteiger partial charge on any atom is 0.254 e. The molecule has 6 heterocycles. The van der Waals surface area contributed by atoms with Crippen LogP contribution in [0.5, 0.6) is 0 Å². The molecule has 1 fully saturated rings. The van der Waals surface area contributed by atoms with E-state index in [9.17, 15) is 0 Å². The molecular weight excluding hydrogens is 440 g/mol. The molecule has 35 heavy (non-hydrogen) atoms. The molecular formula is C26H28N8O. The molecule has 0 spiro atoms. The van der Waals surface area contributed by atoms with Gasteiger partial charge in [0.25, 0.3) is 5.95 Å². The maximum atomic E-state index is 5.96. The zero-order chi connectivity index (χ0) is 23.9. The van der Waals surface area contributed by atoms with Crippen LogP contribution in [0, 0.1) is 13.8 Å². The first-order chi connectivity index (χ1) is 17.1. The molecule has 0 saturated carbocycles. The lowest BCUT2D eigenvalue weighted by Crippen LogP contribution is -2.28. The topological polar surface area (TPSA) is 88.0 Å². The van der Waals surface area contributed by atoms with Gasteiger partial charge in [0.1, 0.15) is 0 Å². The van der Waals surface area contributed by atoms with Crippen LogP contribution in [0.25, 0.3) is 34.1 Å². The third kappa shape index (κ3) is 4.01. The summed E-state index contributed by atoms with van der Waals surface area (Å²) < 4.78 is 11.8. The number of hydrogen-bond donors (Lipinski definition) is 0. The number of hydrogen-bond acceptors (Lipinski definition) is 6. The van der Waals surface area contributed by atoms with Crippen LogP contribution >= 0.6 is 0 Å². The first-order valence-electron chi connectivity index (χ1n) is 12.1. The number of rotatable bonds is 5. The Morgan fingerprint density at radius 2 is 1.77 bits per heavy atom. The average molecular weight is 469 g/mol. The molecule has 2 unspecified atom stereocenters. The van der Waals surface area contributed by atoms with Crippen LogP contribution in [0.3, 0.4) is 0 Å². The van der Waals surface area contributed by atoms with Crippen molar-refractivity contribution < 1.29 is 4.74 Å². The molecule has 2 atom stereocenters. The van der Waals surface area contributed by atoms with Crippen LogP contribution < -0.4 is 0 Å². The molecule has 6 rings (SSSR count). The second kappa shape index (κ2) is 8.74. The van der Waals surface area contributed by atoms with Gasteiger partial charge in [0.05, 0.1) is 42.1 Å². The lowest BCUT2D eigenvalue weighted by atomic mass is 10.0. The van der Waals surface area contributed by atoms with E-state index in [1.54, 1.807) is 16.9 Å². The normalized spacial score (nSPS) is 17.2. The van der Waals surface area contributed by atoms with Crippen molar-refractivity contribution in [1.29, 1.82) is 0 Å². The van der Waals surface area contributed by atoms with Gasteiger partial charge in [-0.05, 0) is 64.3 Å². The maximum absolute atomic E-state index is 5.96. The quantitative estimate of drug-likeness (QED) is 0.375. The Labute approximate surface area is 203 Å². The number of ether oxygens (including phenoxy) is 1. The van der Waals surface area contributed by atoms with E-state index in [2.05, 4.69) is 48.1 Å². The zero-order valence-electron chi connectivity index (χ0n) is 20.2. The predicted octanol–water partition coefficient (Wildman–Crippen LogP) is 4.59. The number of aryl methyl sites for hydroxylation is 2. The van der Waals surface area contributed by atoms with Crippen molar-refractivity contribution in [2.75, 3.05) is 6.61 Å². The van der Waals surface area contributed by atoms with Crippen LogP contribution in [0.15, 0.2) is 55.2 Å². The first kappa shape index (κ1) is 21.7. The largest absolute Gasteiger partial charge is 0.376 e. The van der Waals surface area contributed by atoms with E-state index in [1.165, 1.54) is 6.42 Å².